The van der Waals surface area contributed by atoms with Crippen LogP contribution in [0.3, 0.4) is 0 Å². The molecule has 2 aromatic carbocycles. The summed E-state index contributed by atoms with van der Waals surface area (Å²) in [5.74, 6) is 0.293. The van der Waals surface area contributed by atoms with Gasteiger partial charge < -0.3 is 9.05 Å². The molecule has 0 aliphatic carbocycles. The molecule has 0 aromatic heterocycles. The highest BCUT2D eigenvalue weighted by molar-refractivity contribution is 7.47. The van der Waals surface area contributed by atoms with E-state index in [1.807, 2.05) is 24.3 Å². The number of aryl methyl sites for hydroxylation is 4. The topological polar surface area (TPSA) is 134 Å². The first kappa shape index (κ1) is 33.5. The SMILES string of the molecule is CCCCc1cc(CCCC)c(OP(=O)(O)O)c(Cc2cc(CCCC)cc(CCCC)c2OP(=O)(O)O)c1. The highest BCUT2D eigenvalue weighted by Crippen LogP contribution is 2.46. The summed E-state index contributed by atoms with van der Waals surface area (Å²) in [5.41, 5.74) is 4.69. The molecule has 0 heterocycles. The molecule has 0 fully saturated rings. The van der Waals surface area contributed by atoms with Crippen molar-refractivity contribution in [1.29, 1.82) is 0 Å². The summed E-state index contributed by atoms with van der Waals surface area (Å²) in [6.07, 6.45) is 10.4. The second kappa shape index (κ2) is 16.0. The van der Waals surface area contributed by atoms with Crippen LogP contribution < -0.4 is 9.05 Å². The maximum atomic E-state index is 12.0. The lowest BCUT2D eigenvalue weighted by Gasteiger charge is -2.21. The molecule has 0 aliphatic heterocycles. The van der Waals surface area contributed by atoms with Crippen molar-refractivity contribution in [2.75, 3.05) is 0 Å². The molecule has 0 saturated heterocycles. The predicted octanol–water partition coefficient (Wildman–Crippen LogP) is 7.59. The number of hydrogen-bond acceptors (Lipinski definition) is 4. The Morgan fingerprint density at radius 2 is 0.846 bits per heavy atom. The zero-order valence-corrected chi connectivity index (χ0v) is 25.6. The molecule has 0 amide bonds. The van der Waals surface area contributed by atoms with Gasteiger partial charge in [-0.2, -0.15) is 0 Å². The molecular formula is C29H46O8P2. The number of phosphoric acid groups is 2. The van der Waals surface area contributed by atoms with Crippen molar-refractivity contribution >= 4 is 15.6 Å². The second-order valence-electron chi connectivity index (χ2n) is 10.2. The highest BCUT2D eigenvalue weighted by Gasteiger charge is 2.26. The summed E-state index contributed by atoms with van der Waals surface area (Å²) in [6, 6.07) is 7.75. The van der Waals surface area contributed by atoms with E-state index in [2.05, 4.69) is 27.7 Å². The van der Waals surface area contributed by atoms with Gasteiger partial charge >= 0.3 is 15.6 Å². The van der Waals surface area contributed by atoms with Gasteiger partial charge in [-0.05, 0) is 84.7 Å². The van der Waals surface area contributed by atoms with Gasteiger partial charge in [0.25, 0.3) is 0 Å². The van der Waals surface area contributed by atoms with Gasteiger partial charge in [0.05, 0.1) is 0 Å². The van der Waals surface area contributed by atoms with Gasteiger partial charge in [0, 0.05) is 6.42 Å². The first-order valence-electron chi connectivity index (χ1n) is 14.2. The van der Waals surface area contributed by atoms with Crippen LogP contribution in [0.5, 0.6) is 11.5 Å². The average molecular weight is 585 g/mol. The van der Waals surface area contributed by atoms with Crippen LogP contribution in [-0.4, -0.2) is 19.6 Å². The third-order valence-electron chi connectivity index (χ3n) is 6.64. The molecule has 0 bridgehead atoms. The largest absolute Gasteiger partial charge is 0.524 e. The van der Waals surface area contributed by atoms with Gasteiger partial charge in [-0.25, -0.2) is 9.13 Å². The number of phosphoric ester groups is 2. The normalized spacial score (nSPS) is 12.1. The number of hydrogen-bond donors (Lipinski definition) is 4. The highest BCUT2D eigenvalue weighted by atomic mass is 31.2. The zero-order valence-electron chi connectivity index (χ0n) is 23.8. The van der Waals surface area contributed by atoms with Crippen molar-refractivity contribution in [3.05, 3.63) is 57.6 Å². The minimum Gasteiger partial charge on any atom is -0.404 e. The Hall–Kier alpha value is -1.66. The molecule has 10 heteroatoms. The summed E-state index contributed by atoms with van der Waals surface area (Å²) in [6.45, 7) is 8.32. The van der Waals surface area contributed by atoms with Crippen molar-refractivity contribution in [2.24, 2.45) is 0 Å². The van der Waals surface area contributed by atoms with E-state index in [1.165, 1.54) is 0 Å². The number of unbranched alkanes of at least 4 members (excludes halogenated alkanes) is 4. The lowest BCUT2D eigenvalue weighted by Crippen LogP contribution is -2.06. The molecule has 39 heavy (non-hydrogen) atoms. The third kappa shape index (κ3) is 11.8. The maximum Gasteiger partial charge on any atom is 0.524 e. The molecule has 0 spiro atoms. The van der Waals surface area contributed by atoms with Crippen LogP contribution in [-0.2, 0) is 41.2 Å². The Bertz CT molecular complexity index is 1060. The summed E-state index contributed by atoms with van der Waals surface area (Å²) in [7, 11) is -9.73. The van der Waals surface area contributed by atoms with Gasteiger partial charge in [0.2, 0.25) is 0 Å². The molecule has 2 aromatic rings. The van der Waals surface area contributed by atoms with Gasteiger partial charge in [0.1, 0.15) is 11.5 Å². The Labute approximate surface area is 233 Å². The Balaban J connectivity index is 2.78. The fraction of sp³-hybridized carbons (Fsp3) is 0.586. The summed E-state index contributed by atoms with van der Waals surface area (Å²) in [4.78, 5) is 39.1. The molecule has 0 unspecified atom stereocenters. The van der Waals surface area contributed by atoms with Crippen LogP contribution in [0.2, 0.25) is 0 Å². The van der Waals surface area contributed by atoms with Crippen LogP contribution in [0.25, 0.3) is 0 Å². The van der Waals surface area contributed by atoms with E-state index in [1.54, 1.807) is 0 Å². The minimum atomic E-state index is -4.86. The van der Waals surface area contributed by atoms with Crippen LogP contribution in [0.1, 0.15) is 112 Å². The Morgan fingerprint density at radius 3 is 1.15 bits per heavy atom. The standard InChI is InChI=1S/C29H46O8P2/c1-5-9-13-22-17-24(15-11-7-3)28(36-38(30,31)32)26(19-22)21-27-20-23(14-10-6-2)18-25(16-12-8-4)29(27)37-39(33,34)35/h17-20H,5-16,21H2,1-4H3,(H2,30,31,32)(H2,33,34,35). The summed E-state index contributed by atoms with van der Waals surface area (Å²) in [5, 5.41) is 0. The van der Waals surface area contributed by atoms with Crippen molar-refractivity contribution in [1.82, 2.24) is 0 Å². The summed E-state index contributed by atoms with van der Waals surface area (Å²) < 4.78 is 34.7. The van der Waals surface area contributed by atoms with Crippen molar-refractivity contribution in [3.63, 3.8) is 0 Å². The molecule has 8 nitrogen and oxygen atoms in total. The van der Waals surface area contributed by atoms with E-state index in [4.69, 9.17) is 9.05 Å². The van der Waals surface area contributed by atoms with E-state index in [-0.39, 0.29) is 17.9 Å². The van der Waals surface area contributed by atoms with Gasteiger partial charge in [-0.15, -0.1) is 0 Å². The van der Waals surface area contributed by atoms with Crippen LogP contribution in [0, 0.1) is 0 Å². The minimum absolute atomic E-state index is 0.147. The maximum absolute atomic E-state index is 12.0. The summed E-state index contributed by atoms with van der Waals surface area (Å²) >= 11 is 0. The Kier molecular flexibility index (Phi) is 13.7. The molecular weight excluding hydrogens is 538 g/mol. The fourth-order valence-electron chi connectivity index (χ4n) is 4.75. The molecule has 220 valence electrons. The lowest BCUT2D eigenvalue weighted by atomic mass is 9.91. The van der Waals surface area contributed by atoms with E-state index >= 15 is 0 Å². The second-order valence-corrected chi connectivity index (χ2v) is 12.6. The average Bonchev–Trinajstić information content (AvgIpc) is 2.85. The number of benzene rings is 2. The lowest BCUT2D eigenvalue weighted by molar-refractivity contribution is 0.280. The molecule has 0 aliphatic rings. The molecule has 0 atom stereocenters. The van der Waals surface area contributed by atoms with Crippen LogP contribution in [0.15, 0.2) is 24.3 Å². The van der Waals surface area contributed by atoms with Gasteiger partial charge in [0.15, 0.2) is 0 Å². The first-order valence-corrected chi connectivity index (χ1v) is 17.3. The van der Waals surface area contributed by atoms with E-state index in [0.717, 1.165) is 86.5 Å². The van der Waals surface area contributed by atoms with Gasteiger partial charge in [-0.1, -0.05) is 77.6 Å². The molecule has 0 radical (unpaired) electrons. The quantitative estimate of drug-likeness (QED) is 0.132. The third-order valence-corrected chi connectivity index (χ3v) is 7.48. The monoisotopic (exact) mass is 584 g/mol. The first-order chi connectivity index (χ1) is 18.4. The van der Waals surface area contributed by atoms with E-state index < -0.39 is 15.6 Å². The smallest absolute Gasteiger partial charge is 0.404 e. The number of rotatable bonds is 18. The molecule has 0 saturated carbocycles. The predicted molar refractivity (Wildman–Crippen MR) is 155 cm³/mol. The van der Waals surface area contributed by atoms with E-state index in [9.17, 15) is 28.7 Å². The van der Waals surface area contributed by atoms with Crippen LogP contribution in [0.4, 0.5) is 0 Å². The fourth-order valence-corrected chi connectivity index (χ4v) is 5.69. The van der Waals surface area contributed by atoms with Crippen molar-refractivity contribution in [3.8, 4) is 11.5 Å². The molecule has 4 N–H and O–H groups in total. The van der Waals surface area contributed by atoms with Gasteiger partial charge in [-0.3, -0.25) is 19.6 Å². The van der Waals surface area contributed by atoms with Crippen molar-refractivity contribution < 1.29 is 37.8 Å². The zero-order chi connectivity index (χ0) is 29.1. The molecule has 2 rings (SSSR count). The Morgan fingerprint density at radius 1 is 0.538 bits per heavy atom. The van der Waals surface area contributed by atoms with Crippen LogP contribution >= 0.6 is 15.6 Å². The van der Waals surface area contributed by atoms with E-state index in [0.29, 0.717) is 24.0 Å². The van der Waals surface area contributed by atoms with Crippen molar-refractivity contribution in [2.45, 2.75) is 111 Å².